The van der Waals surface area contributed by atoms with Crippen LogP contribution in [0.2, 0.25) is 0 Å². The Balaban J connectivity index is 1.89. The highest BCUT2D eigenvalue weighted by Gasteiger charge is 2.25. The summed E-state index contributed by atoms with van der Waals surface area (Å²) in [5.41, 5.74) is 4.00. The van der Waals surface area contributed by atoms with E-state index in [1.54, 1.807) is 0 Å². The van der Waals surface area contributed by atoms with E-state index in [1.807, 2.05) is 11.7 Å². The van der Waals surface area contributed by atoms with E-state index in [1.165, 1.54) is 55.5 Å². The largest absolute Gasteiger partial charge is 0.314 e. The van der Waals surface area contributed by atoms with E-state index in [2.05, 4.69) is 31.2 Å². The predicted octanol–water partition coefficient (Wildman–Crippen LogP) is 3.14. The zero-order valence-electron chi connectivity index (χ0n) is 13.0. The van der Waals surface area contributed by atoms with Crippen LogP contribution in [0.3, 0.4) is 0 Å². The summed E-state index contributed by atoms with van der Waals surface area (Å²) in [6.45, 7) is 7.72. The van der Waals surface area contributed by atoms with Gasteiger partial charge < -0.3 is 5.32 Å². The highest BCUT2D eigenvalue weighted by atomic mass is 15.3. The first-order valence-corrected chi connectivity index (χ1v) is 7.84. The second-order valence-electron chi connectivity index (χ2n) is 6.14. The molecule has 2 rings (SSSR count). The third kappa shape index (κ3) is 4.07. The third-order valence-corrected chi connectivity index (χ3v) is 4.40. The van der Waals surface area contributed by atoms with Gasteiger partial charge in [-0.2, -0.15) is 5.10 Å². The van der Waals surface area contributed by atoms with Crippen molar-refractivity contribution in [2.45, 2.75) is 65.3 Å². The van der Waals surface area contributed by atoms with Crippen molar-refractivity contribution in [2.24, 2.45) is 13.0 Å². The van der Waals surface area contributed by atoms with Gasteiger partial charge in [0.1, 0.15) is 0 Å². The summed E-state index contributed by atoms with van der Waals surface area (Å²) in [7, 11) is 2.04. The Morgan fingerprint density at radius 2 is 2.11 bits per heavy atom. The van der Waals surface area contributed by atoms with Gasteiger partial charge in [-0.15, -0.1) is 0 Å². The number of rotatable bonds is 8. The highest BCUT2D eigenvalue weighted by molar-refractivity contribution is 5.24. The molecule has 0 aliphatic heterocycles. The standard InChI is InChI=1S/C16H29N3/c1-5-10-17-15(11-14-6-7-14)8-9-16-12(2)18-19(4)13(16)3/h14-15,17H,5-11H2,1-4H3. The van der Waals surface area contributed by atoms with Gasteiger partial charge in [0, 0.05) is 18.8 Å². The molecule has 1 aromatic rings. The molecule has 3 heteroatoms. The lowest BCUT2D eigenvalue weighted by Gasteiger charge is -2.18. The van der Waals surface area contributed by atoms with E-state index in [4.69, 9.17) is 0 Å². The molecule has 108 valence electrons. The van der Waals surface area contributed by atoms with Gasteiger partial charge in [0.25, 0.3) is 0 Å². The van der Waals surface area contributed by atoms with E-state index >= 15 is 0 Å². The molecular formula is C16H29N3. The highest BCUT2D eigenvalue weighted by Crippen LogP contribution is 2.34. The summed E-state index contributed by atoms with van der Waals surface area (Å²) in [6.07, 6.45) is 7.93. The van der Waals surface area contributed by atoms with Gasteiger partial charge in [0.15, 0.2) is 0 Å². The van der Waals surface area contributed by atoms with Crippen LogP contribution in [-0.2, 0) is 13.5 Å². The molecule has 0 spiro atoms. The van der Waals surface area contributed by atoms with Crippen molar-refractivity contribution in [1.82, 2.24) is 15.1 Å². The number of hydrogen-bond donors (Lipinski definition) is 1. The Morgan fingerprint density at radius 3 is 2.63 bits per heavy atom. The van der Waals surface area contributed by atoms with Gasteiger partial charge >= 0.3 is 0 Å². The molecule has 1 saturated carbocycles. The summed E-state index contributed by atoms with van der Waals surface area (Å²) < 4.78 is 2.01. The van der Waals surface area contributed by atoms with Crippen molar-refractivity contribution in [3.05, 3.63) is 17.0 Å². The van der Waals surface area contributed by atoms with Gasteiger partial charge in [-0.3, -0.25) is 4.68 Å². The van der Waals surface area contributed by atoms with Crippen LogP contribution in [0.15, 0.2) is 0 Å². The van der Waals surface area contributed by atoms with Gasteiger partial charge in [-0.1, -0.05) is 19.8 Å². The second kappa shape index (κ2) is 6.56. The number of aromatic nitrogens is 2. The monoisotopic (exact) mass is 263 g/mol. The van der Waals surface area contributed by atoms with E-state index in [0.717, 1.165) is 12.5 Å². The number of hydrogen-bond acceptors (Lipinski definition) is 2. The first-order valence-electron chi connectivity index (χ1n) is 7.84. The van der Waals surface area contributed by atoms with E-state index in [0.29, 0.717) is 6.04 Å². The maximum absolute atomic E-state index is 4.52. The molecule has 1 aromatic heterocycles. The first-order chi connectivity index (χ1) is 9.11. The van der Waals surface area contributed by atoms with Gasteiger partial charge in [0.05, 0.1) is 5.69 Å². The molecule has 0 amide bonds. The third-order valence-electron chi connectivity index (χ3n) is 4.40. The molecule has 0 radical (unpaired) electrons. The van der Waals surface area contributed by atoms with Crippen LogP contribution in [0.25, 0.3) is 0 Å². The summed E-state index contributed by atoms with van der Waals surface area (Å²) in [5, 5.41) is 8.25. The van der Waals surface area contributed by atoms with E-state index < -0.39 is 0 Å². The van der Waals surface area contributed by atoms with Crippen molar-refractivity contribution in [2.75, 3.05) is 6.54 Å². The minimum atomic E-state index is 0.700. The average molecular weight is 263 g/mol. The molecular weight excluding hydrogens is 234 g/mol. The Hall–Kier alpha value is -0.830. The molecule has 0 saturated heterocycles. The molecule has 1 aliphatic carbocycles. The van der Waals surface area contributed by atoms with Crippen LogP contribution in [0, 0.1) is 19.8 Å². The van der Waals surface area contributed by atoms with Crippen molar-refractivity contribution in [3.63, 3.8) is 0 Å². The molecule has 0 bridgehead atoms. The fourth-order valence-corrected chi connectivity index (χ4v) is 2.91. The summed E-state index contributed by atoms with van der Waals surface area (Å²) >= 11 is 0. The van der Waals surface area contributed by atoms with Crippen molar-refractivity contribution in [1.29, 1.82) is 0 Å². The first kappa shape index (κ1) is 14.6. The normalized spacial score (nSPS) is 16.8. The Kier molecular flexibility index (Phi) is 5.03. The summed E-state index contributed by atoms with van der Waals surface area (Å²) in [4.78, 5) is 0. The lowest BCUT2D eigenvalue weighted by molar-refractivity contribution is 0.432. The number of nitrogens with zero attached hydrogens (tertiary/aromatic N) is 2. The zero-order chi connectivity index (χ0) is 13.8. The van der Waals surface area contributed by atoms with Crippen LogP contribution in [0.5, 0.6) is 0 Å². The van der Waals surface area contributed by atoms with Crippen LogP contribution < -0.4 is 5.32 Å². The minimum Gasteiger partial charge on any atom is -0.314 e. The maximum atomic E-state index is 4.52. The van der Waals surface area contributed by atoms with Gasteiger partial charge in [-0.25, -0.2) is 0 Å². The topological polar surface area (TPSA) is 29.9 Å². The van der Waals surface area contributed by atoms with Crippen molar-refractivity contribution >= 4 is 0 Å². The van der Waals surface area contributed by atoms with E-state index in [9.17, 15) is 0 Å². The Labute approximate surface area is 117 Å². The lowest BCUT2D eigenvalue weighted by Crippen LogP contribution is -2.30. The molecule has 1 heterocycles. The Bertz CT molecular complexity index is 404. The van der Waals surface area contributed by atoms with Gasteiger partial charge in [0.2, 0.25) is 0 Å². The summed E-state index contributed by atoms with van der Waals surface area (Å²) in [6, 6.07) is 0.700. The SMILES string of the molecule is CCCNC(CCc1c(C)nn(C)c1C)CC1CC1. The predicted molar refractivity (Wildman–Crippen MR) is 80.4 cm³/mol. The molecule has 0 aromatic carbocycles. The number of nitrogens with one attached hydrogen (secondary N) is 1. The smallest absolute Gasteiger partial charge is 0.0628 e. The van der Waals surface area contributed by atoms with Crippen LogP contribution >= 0.6 is 0 Å². The summed E-state index contributed by atoms with van der Waals surface area (Å²) in [5.74, 6) is 1.01. The molecule has 1 unspecified atom stereocenters. The fourth-order valence-electron chi connectivity index (χ4n) is 2.91. The molecule has 1 aliphatic rings. The van der Waals surface area contributed by atoms with Crippen LogP contribution in [0.1, 0.15) is 56.0 Å². The van der Waals surface area contributed by atoms with Gasteiger partial charge in [-0.05, 0) is 57.6 Å². The van der Waals surface area contributed by atoms with Crippen molar-refractivity contribution in [3.8, 4) is 0 Å². The quantitative estimate of drug-likeness (QED) is 0.781. The molecule has 1 fully saturated rings. The van der Waals surface area contributed by atoms with Crippen molar-refractivity contribution < 1.29 is 0 Å². The second-order valence-corrected chi connectivity index (χ2v) is 6.14. The van der Waals surface area contributed by atoms with E-state index in [-0.39, 0.29) is 0 Å². The van der Waals surface area contributed by atoms with Crippen LogP contribution in [0.4, 0.5) is 0 Å². The molecule has 1 N–H and O–H groups in total. The molecule has 19 heavy (non-hydrogen) atoms. The maximum Gasteiger partial charge on any atom is 0.0628 e. The van der Waals surface area contributed by atoms with Crippen LogP contribution in [-0.4, -0.2) is 22.4 Å². The average Bonchev–Trinajstić information content (AvgIpc) is 3.15. The number of aryl methyl sites for hydroxylation is 2. The molecule has 3 nitrogen and oxygen atoms in total. The molecule has 1 atom stereocenters. The fraction of sp³-hybridized carbons (Fsp3) is 0.812. The lowest BCUT2D eigenvalue weighted by atomic mass is 10.00. The Morgan fingerprint density at radius 1 is 1.37 bits per heavy atom. The minimum absolute atomic E-state index is 0.700. The zero-order valence-corrected chi connectivity index (χ0v) is 13.0.